The minimum absolute atomic E-state index is 0.108. The van der Waals surface area contributed by atoms with Crippen molar-refractivity contribution in [3.8, 4) is 0 Å². The minimum atomic E-state index is -4.96. The molecule has 0 saturated carbocycles. The fourth-order valence-corrected chi connectivity index (χ4v) is 13.6. The lowest BCUT2D eigenvalue weighted by atomic mass is 10.0. The zero-order chi connectivity index (χ0) is 71.2. The van der Waals surface area contributed by atoms with Gasteiger partial charge in [0.1, 0.15) is 19.3 Å². The zero-order valence-electron chi connectivity index (χ0n) is 63.2. The van der Waals surface area contributed by atoms with Gasteiger partial charge in [-0.2, -0.15) is 0 Å². The molecule has 0 aliphatic heterocycles. The molecule has 0 spiro atoms. The first-order valence-electron chi connectivity index (χ1n) is 40.6. The van der Waals surface area contributed by atoms with Gasteiger partial charge in [-0.1, -0.05) is 362 Å². The van der Waals surface area contributed by atoms with Crippen LogP contribution >= 0.6 is 15.6 Å². The second kappa shape index (κ2) is 71.1. The number of esters is 4. The van der Waals surface area contributed by atoms with Crippen molar-refractivity contribution in [3.63, 3.8) is 0 Å². The molecule has 0 amide bonds. The van der Waals surface area contributed by atoms with Gasteiger partial charge in [0.05, 0.1) is 26.4 Å². The molecule has 0 aromatic heterocycles. The average Bonchev–Trinajstić information content (AvgIpc) is 1.15. The van der Waals surface area contributed by atoms with E-state index >= 15 is 0 Å². The van der Waals surface area contributed by atoms with E-state index in [0.29, 0.717) is 25.7 Å². The molecule has 0 aromatic rings. The Balaban J connectivity index is 5.19. The van der Waals surface area contributed by atoms with E-state index in [2.05, 4.69) is 34.6 Å². The summed E-state index contributed by atoms with van der Waals surface area (Å²) in [6, 6.07) is 0. The summed E-state index contributed by atoms with van der Waals surface area (Å²) >= 11 is 0. The Morgan fingerprint density at radius 2 is 0.474 bits per heavy atom. The number of carbonyl (C=O) groups excluding carboxylic acids is 4. The molecular formula is C78H152O17P2. The van der Waals surface area contributed by atoms with Crippen molar-refractivity contribution in [1.82, 2.24) is 0 Å². The third kappa shape index (κ3) is 72.2. The van der Waals surface area contributed by atoms with Gasteiger partial charge in [-0.05, 0) is 31.6 Å². The quantitative estimate of drug-likeness (QED) is 0.0222. The van der Waals surface area contributed by atoms with Crippen LogP contribution in [-0.2, 0) is 65.4 Å². The molecular weight excluding hydrogens is 1270 g/mol. The molecule has 0 radical (unpaired) electrons. The maximum atomic E-state index is 13.1. The van der Waals surface area contributed by atoms with Gasteiger partial charge in [0.15, 0.2) is 12.2 Å². The number of phosphoric acid groups is 2. The molecule has 17 nitrogen and oxygen atoms in total. The first-order valence-corrected chi connectivity index (χ1v) is 43.6. The van der Waals surface area contributed by atoms with Gasteiger partial charge < -0.3 is 33.8 Å². The molecule has 97 heavy (non-hydrogen) atoms. The second-order valence-corrected chi connectivity index (χ2v) is 31.5. The maximum Gasteiger partial charge on any atom is 0.472 e. The van der Waals surface area contributed by atoms with Crippen molar-refractivity contribution in [2.24, 2.45) is 5.92 Å². The molecule has 0 saturated heterocycles. The average molecular weight is 1420 g/mol. The summed E-state index contributed by atoms with van der Waals surface area (Å²) in [7, 11) is -9.91. The SMILES string of the molecule is CCCCCCCCCCCCCCCCCCCCCCC(=O)O[C@H](COC(=O)CCCCCCCCCCCCCCCC(C)C)COP(=O)(O)OC[C@@H](O)COP(=O)(O)OC[C@@H](COC(=O)CCCCCCCCCC)OC(=O)CCCCCCCCCCCCCCC. The molecule has 0 aliphatic rings. The molecule has 5 atom stereocenters. The van der Waals surface area contributed by atoms with Crippen LogP contribution in [0.5, 0.6) is 0 Å². The Morgan fingerprint density at radius 3 is 0.701 bits per heavy atom. The van der Waals surface area contributed by atoms with Crippen LogP contribution in [0.3, 0.4) is 0 Å². The van der Waals surface area contributed by atoms with Crippen LogP contribution in [0.25, 0.3) is 0 Å². The van der Waals surface area contributed by atoms with Crippen LogP contribution in [0.1, 0.15) is 413 Å². The topological polar surface area (TPSA) is 237 Å². The van der Waals surface area contributed by atoms with Crippen molar-refractivity contribution >= 4 is 39.5 Å². The largest absolute Gasteiger partial charge is 0.472 e. The van der Waals surface area contributed by atoms with Gasteiger partial charge in [0.25, 0.3) is 0 Å². The number of hydrogen-bond acceptors (Lipinski definition) is 15. The summed E-state index contributed by atoms with van der Waals surface area (Å²) in [5.41, 5.74) is 0. The predicted octanol–water partition coefficient (Wildman–Crippen LogP) is 23.3. The fraction of sp³-hybridized carbons (Fsp3) is 0.949. The van der Waals surface area contributed by atoms with E-state index in [0.717, 1.165) is 102 Å². The molecule has 19 heteroatoms. The number of hydrogen-bond donors (Lipinski definition) is 3. The van der Waals surface area contributed by atoms with Crippen molar-refractivity contribution in [2.75, 3.05) is 39.6 Å². The Morgan fingerprint density at radius 1 is 0.278 bits per heavy atom. The van der Waals surface area contributed by atoms with Crippen molar-refractivity contribution in [1.29, 1.82) is 0 Å². The third-order valence-electron chi connectivity index (χ3n) is 18.3. The highest BCUT2D eigenvalue weighted by Crippen LogP contribution is 2.45. The summed E-state index contributed by atoms with van der Waals surface area (Å²) in [6.45, 7) is 7.30. The summed E-state index contributed by atoms with van der Waals surface area (Å²) < 4.78 is 68.5. The summed E-state index contributed by atoms with van der Waals surface area (Å²) in [5, 5.41) is 10.6. The molecule has 0 aliphatic carbocycles. The molecule has 0 aromatic carbocycles. The van der Waals surface area contributed by atoms with Crippen LogP contribution in [-0.4, -0.2) is 96.7 Å². The summed E-state index contributed by atoms with van der Waals surface area (Å²) in [5.74, 6) is -1.32. The van der Waals surface area contributed by atoms with E-state index in [1.807, 2.05) is 0 Å². The van der Waals surface area contributed by atoms with Crippen LogP contribution < -0.4 is 0 Å². The van der Waals surface area contributed by atoms with Crippen LogP contribution in [0.2, 0.25) is 0 Å². The number of aliphatic hydroxyl groups is 1. The first kappa shape index (κ1) is 95.1. The number of ether oxygens (including phenoxy) is 4. The monoisotopic (exact) mass is 1420 g/mol. The Hall–Kier alpha value is -1.94. The van der Waals surface area contributed by atoms with Crippen LogP contribution in [0.4, 0.5) is 0 Å². The Labute approximate surface area is 594 Å². The lowest BCUT2D eigenvalue weighted by Gasteiger charge is -2.21. The Kier molecular flexibility index (Phi) is 69.6. The maximum absolute atomic E-state index is 13.1. The molecule has 3 N–H and O–H groups in total. The van der Waals surface area contributed by atoms with Gasteiger partial charge in [-0.15, -0.1) is 0 Å². The highest BCUT2D eigenvalue weighted by molar-refractivity contribution is 7.47. The number of aliphatic hydroxyl groups excluding tert-OH is 1. The second-order valence-electron chi connectivity index (χ2n) is 28.6. The highest BCUT2D eigenvalue weighted by atomic mass is 31.2. The molecule has 0 fully saturated rings. The normalized spacial score (nSPS) is 13.9. The number of carbonyl (C=O) groups is 4. The van der Waals surface area contributed by atoms with Crippen molar-refractivity contribution < 1.29 is 80.2 Å². The summed E-state index contributed by atoms with van der Waals surface area (Å²) in [6.07, 6.45) is 61.1. The highest BCUT2D eigenvalue weighted by Gasteiger charge is 2.30. The van der Waals surface area contributed by atoms with Gasteiger partial charge in [0.2, 0.25) is 0 Å². The zero-order valence-corrected chi connectivity index (χ0v) is 65.0. The minimum Gasteiger partial charge on any atom is -0.462 e. The van der Waals surface area contributed by atoms with E-state index < -0.39 is 97.5 Å². The third-order valence-corrected chi connectivity index (χ3v) is 20.2. The lowest BCUT2D eigenvalue weighted by molar-refractivity contribution is -0.161. The van der Waals surface area contributed by atoms with E-state index in [1.165, 1.54) is 231 Å². The predicted molar refractivity (Wildman–Crippen MR) is 395 cm³/mol. The fourth-order valence-electron chi connectivity index (χ4n) is 12.1. The Bertz CT molecular complexity index is 1860. The van der Waals surface area contributed by atoms with E-state index in [1.54, 1.807) is 0 Å². The number of unbranched alkanes of at least 4 members (excludes halogenated alkanes) is 50. The number of phosphoric ester groups is 2. The van der Waals surface area contributed by atoms with Crippen LogP contribution in [0, 0.1) is 5.92 Å². The molecule has 0 rings (SSSR count). The van der Waals surface area contributed by atoms with Gasteiger partial charge in [-0.3, -0.25) is 37.3 Å². The van der Waals surface area contributed by atoms with Crippen molar-refractivity contribution in [2.45, 2.75) is 432 Å². The first-order chi connectivity index (χ1) is 47.0. The molecule has 576 valence electrons. The number of rotatable bonds is 78. The lowest BCUT2D eigenvalue weighted by Crippen LogP contribution is -2.30. The standard InChI is InChI=1S/C78H152O17P2/c1-6-9-12-15-18-21-23-25-26-27-28-29-30-31-35-40-44-49-54-59-64-78(83)95-74(68-89-76(81)62-57-52-47-42-38-36-32-34-37-41-45-50-55-60-71(4)5)70-93-97(86,87)91-66-72(79)65-90-96(84,85)92-69-73(67-88-75(80)61-56-51-46-20-17-14-11-8-3)94-77(82)63-58-53-48-43-39-33-24-22-19-16-13-10-7-2/h71-74,79H,6-70H2,1-5H3,(H,84,85)(H,86,87)/t72-,73+,74+/m0/s1. The molecule has 0 heterocycles. The molecule has 0 bridgehead atoms. The summed E-state index contributed by atoms with van der Waals surface area (Å²) in [4.78, 5) is 72.8. The van der Waals surface area contributed by atoms with E-state index in [-0.39, 0.29) is 25.7 Å². The van der Waals surface area contributed by atoms with Gasteiger partial charge in [0, 0.05) is 25.7 Å². The van der Waals surface area contributed by atoms with Crippen LogP contribution in [0.15, 0.2) is 0 Å². The molecule has 2 unspecified atom stereocenters. The van der Waals surface area contributed by atoms with E-state index in [9.17, 15) is 43.2 Å². The van der Waals surface area contributed by atoms with Gasteiger partial charge in [-0.25, -0.2) is 9.13 Å². The van der Waals surface area contributed by atoms with Gasteiger partial charge >= 0.3 is 39.5 Å². The van der Waals surface area contributed by atoms with E-state index in [4.69, 9.17) is 37.0 Å². The smallest absolute Gasteiger partial charge is 0.462 e. The van der Waals surface area contributed by atoms with Crippen molar-refractivity contribution in [3.05, 3.63) is 0 Å².